The third-order valence-electron chi connectivity index (χ3n) is 4.00. The first-order valence-electron chi connectivity index (χ1n) is 7.21. The monoisotopic (exact) mass is 258 g/mol. The number of nitrogens with zero attached hydrogens (tertiary/aromatic N) is 2. The lowest BCUT2D eigenvalue weighted by atomic mass is 10.0. The molecule has 4 heteroatoms. The number of benzene rings is 1. The number of aromatic nitrogens is 2. The summed E-state index contributed by atoms with van der Waals surface area (Å²) in [4.78, 5) is 10.5. The Hall–Kier alpha value is -1.55. The number of nitrogen functional groups attached to an aromatic ring is 1. The van der Waals surface area contributed by atoms with E-state index in [0.29, 0.717) is 0 Å². The van der Waals surface area contributed by atoms with Gasteiger partial charge in [0.2, 0.25) is 0 Å². The number of likely N-dealkylation sites (tertiary alicyclic amines) is 1. The number of anilines is 1. The molecule has 0 saturated carbocycles. The van der Waals surface area contributed by atoms with Crippen molar-refractivity contribution in [1.82, 2.24) is 14.9 Å². The van der Waals surface area contributed by atoms with Crippen LogP contribution < -0.4 is 5.73 Å². The van der Waals surface area contributed by atoms with Crippen molar-refractivity contribution in [3.05, 3.63) is 24.0 Å². The quantitative estimate of drug-likeness (QED) is 0.829. The average molecular weight is 258 g/mol. The van der Waals surface area contributed by atoms with Crippen LogP contribution in [0.1, 0.15) is 32.0 Å². The molecule has 0 amide bonds. The Balaban J connectivity index is 1.68. The zero-order valence-corrected chi connectivity index (χ0v) is 11.5. The molecule has 0 spiro atoms. The molecule has 19 heavy (non-hydrogen) atoms. The molecule has 1 unspecified atom stereocenters. The summed E-state index contributed by atoms with van der Waals surface area (Å²) in [6, 6.07) is 5.84. The maximum atomic E-state index is 5.79. The largest absolute Gasteiger partial charge is 0.399 e. The number of hydrogen-bond acceptors (Lipinski definition) is 3. The average Bonchev–Trinajstić information content (AvgIpc) is 2.96. The van der Waals surface area contributed by atoms with E-state index in [4.69, 9.17) is 5.73 Å². The van der Waals surface area contributed by atoms with Gasteiger partial charge in [0.1, 0.15) is 5.82 Å². The third kappa shape index (κ3) is 2.73. The SMILES string of the molecule is CCCC1CCN(Cc2nc3ccc(N)cc3[nH]2)C1. The van der Waals surface area contributed by atoms with Crippen molar-refractivity contribution < 1.29 is 0 Å². The summed E-state index contributed by atoms with van der Waals surface area (Å²) in [6.07, 6.45) is 3.98. The first-order valence-corrected chi connectivity index (χ1v) is 7.21. The highest BCUT2D eigenvalue weighted by molar-refractivity contribution is 5.78. The van der Waals surface area contributed by atoms with Crippen LogP contribution in [-0.2, 0) is 6.54 Å². The lowest BCUT2D eigenvalue weighted by Crippen LogP contribution is -2.20. The van der Waals surface area contributed by atoms with Crippen LogP contribution in [0.3, 0.4) is 0 Å². The van der Waals surface area contributed by atoms with Gasteiger partial charge in [-0.3, -0.25) is 4.90 Å². The van der Waals surface area contributed by atoms with E-state index in [1.807, 2.05) is 18.2 Å². The van der Waals surface area contributed by atoms with Crippen LogP contribution in [0.15, 0.2) is 18.2 Å². The van der Waals surface area contributed by atoms with E-state index in [0.717, 1.165) is 35.0 Å². The number of fused-ring (bicyclic) bond motifs is 1. The van der Waals surface area contributed by atoms with Crippen molar-refractivity contribution in [3.63, 3.8) is 0 Å². The van der Waals surface area contributed by atoms with Crippen molar-refractivity contribution >= 4 is 16.7 Å². The Bertz CT molecular complexity index is 560. The second-order valence-corrected chi connectivity index (χ2v) is 5.64. The molecule has 1 aromatic heterocycles. The highest BCUT2D eigenvalue weighted by Gasteiger charge is 2.22. The predicted octanol–water partition coefficient (Wildman–Crippen LogP) is 2.77. The minimum absolute atomic E-state index is 0.784. The predicted molar refractivity (Wildman–Crippen MR) is 78.8 cm³/mol. The van der Waals surface area contributed by atoms with Gasteiger partial charge in [0.05, 0.1) is 17.6 Å². The van der Waals surface area contributed by atoms with Gasteiger partial charge in [0.15, 0.2) is 0 Å². The molecule has 0 radical (unpaired) electrons. The van der Waals surface area contributed by atoms with E-state index < -0.39 is 0 Å². The number of rotatable bonds is 4. The summed E-state index contributed by atoms with van der Waals surface area (Å²) in [5.74, 6) is 1.93. The molecule has 0 aliphatic carbocycles. The van der Waals surface area contributed by atoms with E-state index in [1.54, 1.807) is 0 Å². The summed E-state index contributed by atoms with van der Waals surface area (Å²) in [6.45, 7) is 5.61. The number of hydrogen-bond donors (Lipinski definition) is 2. The van der Waals surface area contributed by atoms with Gasteiger partial charge in [-0.15, -0.1) is 0 Å². The van der Waals surface area contributed by atoms with Crippen molar-refractivity contribution in [1.29, 1.82) is 0 Å². The summed E-state index contributed by atoms with van der Waals surface area (Å²) in [7, 11) is 0. The van der Waals surface area contributed by atoms with Gasteiger partial charge < -0.3 is 10.7 Å². The fourth-order valence-corrected chi connectivity index (χ4v) is 3.07. The Morgan fingerprint density at radius 1 is 1.47 bits per heavy atom. The minimum Gasteiger partial charge on any atom is -0.399 e. The molecule has 1 aliphatic rings. The van der Waals surface area contributed by atoms with Crippen LogP contribution in [0.5, 0.6) is 0 Å². The van der Waals surface area contributed by atoms with Gasteiger partial charge in [-0.05, 0) is 43.5 Å². The summed E-state index contributed by atoms with van der Waals surface area (Å²) in [5.41, 5.74) is 8.62. The minimum atomic E-state index is 0.784. The normalized spacial score (nSPS) is 20.4. The van der Waals surface area contributed by atoms with Crippen molar-refractivity contribution in [2.45, 2.75) is 32.7 Å². The van der Waals surface area contributed by atoms with E-state index >= 15 is 0 Å². The van der Waals surface area contributed by atoms with Gasteiger partial charge in [0.25, 0.3) is 0 Å². The second kappa shape index (κ2) is 5.21. The van der Waals surface area contributed by atoms with Gasteiger partial charge in [-0.1, -0.05) is 13.3 Å². The highest BCUT2D eigenvalue weighted by Crippen LogP contribution is 2.23. The molecule has 1 aromatic carbocycles. The maximum Gasteiger partial charge on any atom is 0.121 e. The van der Waals surface area contributed by atoms with Crippen LogP contribution in [-0.4, -0.2) is 28.0 Å². The van der Waals surface area contributed by atoms with Crippen LogP contribution in [0, 0.1) is 5.92 Å². The van der Waals surface area contributed by atoms with Crippen LogP contribution in [0.4, 0.5) is 5.69 Å². The van der Waals surface area contributed by atoms with E-state index in [-0.39, 0.29) is 0 Å². The Morgan fingerprint density at radius 2 is 2.37 bits per heavy atom. The molecule has 3 rings (SSSR count). The topological polar surface area (TPSA) is 57.9 Å². The Labute approximate surface area is 114 Å². The smallest absolute Gasteiger partial charge is 0.121 e. The molecule has 1 atom stereocenters. The molecule has 2 aromatic rings. The lowest BCUT2D eigenvalue weighted by molar-refractivity contribution is 0.306. The zero-order chi connectivity index (χ0) is 13.2. The number of nitrogens with one attached hydrogen (secondary N) is 1. The van der Waals surface area contributed by atoms with Crippen molar-refractivity contribution in [2.24, 2.45) is 5.92 Å². The maximum absolute atomic E-state index is 5.79. The first-order chi connectivity index (χ1) is 9.24. The standard InChI is InChI=1S/C15H22N4/c1-2-3-11-6-7-19(9-11)10-15-17-13-5-4-12(16)8-14(13)18-15/h4-5,8,11H,2-3,6-7,9-10,16H2,1H3,(H,17,18). The van der Waals surface area contributed by atoms with Gasteiger partial charge in [0, 0.05) is 12.2 Å². The fourth-order valence-electron chi connectivity index (χ4n) is 3.07. The summed E-state index contributed by atoms with van der Waals surface area (Å²) < 4.78 is 0. The Kier molecular flexibility index (Phi) is 3.42. The van der Waals surface area contributed by atoms with Crippen molar-refractivity contribution in [3.8, 4) is 0 Å². The second-order valence-electron chi connectivity index (χ2n) is 5.64. The molecule has 2 heterocycles. The molecule has 1 fully saturated rings. The molecule has 102 valence electrons. The Morgan fingerprint density at radius 3 is 3.21 bits per heavy atom. The fraction of sp³-hybridized carbons (Fsp3) is 0.533. The lowest BCUT2D eigenvalue weighted by Gasteiger charge is -2.13. The van der Waals surface area contributed by atoms with E-state index in [1.165, 1.54) is 32.4 Å². The van der Waals surface area contributed by atoms with Crippen LogP contribution in [0.25, 0.3) is 11.0 Å². The van der Waals surface area contributed by atoms with Crippen molar-refractivity contribution in [2.75, 3.05) is 18.8 Å². The molecule has 0 bridgehead atoms. The molecular weight excluding hydrogens is 236 g/mol. The number of aromatic amines is 1. The van der Waals surface area contributed by atoms with Crippen LogP contribution in [0.2, 0.25) is 0 Å². The number of H-pyrrole nitrogens is 1. The van der Waals surface area contributed by atoms with Gasteiger partial charge >= 0.3 is 0 Å². The molecular formula is C15H22N4. The molecule has 3 N–H and O–H groups in total. The van der Waals surface area contributed by atoms with E-state index in [9.17, 15) is 0 Å². The molecule has 4 nitrogen and oxygen atoms in total. The number of nitrogens with two attached hydrogens (primary N) is 1. The van der Waals surface area contributed by atoms with Gasteiger partial charge in [-0.2, -0.15) is 0 Å². The zero-order valence-electron chi connectivity index (χ0n) is 11.5. The number of imidazole rings is 1. The molecule has 1 aliphatic heterocycles. The highest BCUT2D eigenvalue weighted by atomic mass is 15.2. The van der Waals surface area contributed by atoms with Crippen LogP contribution >= 0.6 is 0 Å². The van der Waals surface area contributed by atoms with Gasteiger partial charge in [-0.25, -0.2) is 4.98 Å². The third-order valence-corrected chi connectivity index (χ3v) is 4.00. The first kappa shape index (κ1) is 12.5. The molecule has 1 saturated heterocycles. The van der Waals surface area contributed by atoms with E-state index in [2.05, 4.69) is 21.8 Å². The summed E-state index contributed by atoms with van der Waals surface area (Å²) >= 11 is 0. The summed E-state index contributed by atoms with van der Waals surface area (Å²) in [5, 5.41) is 0.